The summed E-state index contributed by atoms with van der Waals surface area (Å²) >= 11 is 5.81. The van der Waals surface area contributed by atoms with Crippen molar-refractivity contribution in [3.05, 3.63) is 58.8 Å². The molecule has 1 aromatic carbocycles. The van der Waals surface area contributed by atoms with Gasteiger partial charge in [0.25, 0.3) is 0 Å². The van der Waals surface area contributed by atoms with Crippen molar-refractivity contribution in [1.29, 1.82) is 0 Å². The fourth-order valence-corrected chi connectivity index (χ4v) is 3.56. The molecule has 0 aliphatic heterocycles. The summed E-state index contributed by atoms with van der Waals surface area (Å²) in [7, 11) is -3.53. The Labute approximate surface area is 138 Å². The molecule has 23 heavy (non-hydrogen) atoms. The molecule has 2 rings (SSSR count). The highest BCUT2D eigenvalue weighted by Crippen LogP contribution is 2.20. The fourth-order valence-electron chi connectivity index (χ4n) is 1.88. The van der Waals surface area contributed by atoms with Crippen LogP contribution in [0.3, 0.4) is 0 Å². The van der Waals surface area contributed by atoms with Crippen molar-refractivity contribution in [2.24, 2.45) is 0 Å². The van der Waals surface area contributed by atoms with Crippen LogP contribution in [0.15, 0.2) is 41.0 Å². The summed E-state index contributed by atoms with van der Waals surface area (Å²) in [6.07, 6.45) is 1.32. The summed E-state index contributed by atoms with van der Waals surface area (Å²) in [5, 5.41) is 2.62. The molecule has 8 heteroatoms. The van der Waals surface area contributed by atoms with Gasteiger partial charge in [-0.2, -0.15) is 0 Å². The first kappa shape index (κ1) is 17.5. The number of carbonyl (C=O) groups excluding carboxylic acids is 1. The lowest BCUT2D eigenvalue weighted by Gasteiger charge is -2.07. The van der Waals surface area contributed by atoms with Crippen LogP contribution in [0.5, 0.6) is 0 Å². The van der Waals surface area contributed by atoms with E-state index in [1.54, 1.807) is 12.1 Å². The molecule has 0 radical (unpaired) electrons. The number of amides is 1. The lowest BCUT2D eigenvalue weighted by atomic mass is 10.2. The Balaban J connectivity index is 1.84. The molecule has 0 aliphatic carbocycles. The third-order valence-corrected chi connectivity index (χ3v) is 5.00. The molecule has 0 aliphatic rings. The second kappa shape index (κ2) is 7.61. The maximum absolute atomic E-state index is 12.9. The zero-order valence-electron chi connectivity index (χ0n) is 12.1. The Hall–Kier alpha value is -1.86. The number of sulfone groups is 1. The van der Waals surface area contributed by atoms with E-state index in [0.717, 1.165) is 12.1 Å². The van der Waals surface area contributed by atoms with Crippen molar-refractivity contribution in [3.8, 4) is 0 Å². The second-order valence-electron chi connectivity index (χ2n) is 4.93. The molecule has 0 atom stereocenters. The van der Waals surface area contributed by atoms with Gasteiger partial charge < -0.3 is 9.73 Å². The van der Waals surface area contributed by atoms with Crippen LogP contribution in [0.25, 0.3) is 0 Å². The van der Waals surface area contributed by atoms with Gasteiger partial charge in [0.05, 0.1) is 24.3 Å². The molecule has 0 unspecified atom stereocenters. The molecule has 0 saturated heterocycles. The molecule has 2 aromatic rings. The minimum atomic E-state index is -3.53. The summed E-state index contributed by atoms with van der Waals surface area (Å²) in [4.78, 5) is 11.7. The van der Waals surface area contributed by atoms with Crippen molar-refractivity contribution in [2.75, 3.05) is 5.75 Å². The summed E-state index contributed by atoms with van der Waals surface area (Å²) in [5.74, 6) is -0.995. The molecule has 0 bridgehead atoms. The molecule has 0 spiro atoms. The number of nitrogens with one attached hydrogen (secondary N) is 1. The zero-order chi connectivity index (χ0) is 16.9. The van der Waals surface area contributed by atoms with Crippen molar-refractivity contribution in [1.82, 2.24) is 5.32 Å². The standard InChI is InChI=1S/C15H15ClFNO4S/c16-14-8-12(17)4-3-11(14)10-23(20,21)7-5-15(19)18-9-13-2-1-6-22-13/h1-4,6,8H,5,7,9-10H2,(H,18,19). The first-order valence-corrected chi connectivity index (χ1v) is 8.99. The zero-order valence-corrected chi connectivity index (χ0v) is 13.7. The van der Waals surface area contributed by atoms with Crippen LogP contribution in [-0.4, -0.2) is 20.1 Å². The molecule has 124 valence electrons. The highest BCUT2D eigenvalue weighted by atomic mass is 35.5. The number of rotatable bonds is 7. The van der Waals surface area contributed by atoms with E-state index >= 15 is 0 Å². The first-order valence-electron chi connectivity index (χ1n) is 6.79. The quantitative estimate of drug-likeness (QED) is 0.824. The Morgan fingerprint density at radius 1 is 1.30 bits per heavy atom. The lowest BCUT2D eigenvalue weighted by molar-refractivity contribution is -0.120. The molecule has 1 aromatic heterocycles. The van der Waals surface area contributed by atoms with Crippen molar-refractivity contribution >= 4 is 27.3 Å². The number of furan rings is 1. The smallest absolute Gasteiger partial charge is 0.221 e. The monoisotopic (exact) mass is 359 g/mol. The molecular weight excluding hydrogens is 345 g/mol. The number of hydrogen-bond donors (Lipinski definition) is 1. The molecule has 0 fully saturated rings. The van der Waals surface area contributed by atoms with Gasteiger partial charge in [-0.15, -0.1) is 0 Å². The van der Waals surface area contributed by atoms with Crippen molar-refractivity contribution in [2.45, 2.75) is 18.7 Å². The predicted molar refractivity (Wildman–Crippen MR) is 84.1 cm³/mol. The van der Waals surface area contributed by atoms with Crippen LogP contribution in [0.4, 0.5) is 4.39 Å². The maximum atomic E-state index is 12.9. The van der Waals surface area contributed by atoms with Gasteiger partial charge in [0.2, 0.25) is 5.91 Å². The maximum Gasteiger partial charge on any atom is 0.221 e. The number of benzene rings is 1. The van der Waals surface area contributed by atoms with Crippen LogP contribution in [-0.2, 0) is 26.9 Å². The van der Waals surface area contributed by atoms with E-state index in [0.29, 0.717) is 11.3 Å². The number of halogens is 2. The third-order valence-electron chi connectivity index (χ3n) is 3.07. The fraction of sp³-hybridized carbons (Fsp3) is 0.267. The predicted octanol–water partition coefficient (Wildman–Crippen LogP) is 2.69. The van der Waals surface area contributed by atoms with Crippen LogP contribution in [0.1, 0.15) is 17.7 Å². The van der Waals surface area contributed by atoms with E-state index in [1.807, 2.05) is 0 Å². The summed E-state index contributed by atoms with van der Waals surface area (Å²) < 4.78 is 42.0. The first-order chi connectivity index (χ1) is 10.9. The van der Waals surface area contributed by atoms with E-state index in [-0.39, 0.29) is 29.5 Å². The van der Waals surface area contributed by atoms with Gasteiger partial charge in [0.1, 0.15) is 11.6 Å². The summed E-state index contributed by atoms with van der Waals surface area (Å²) in [6, 6.07) is 6.92. The van der Waals surface area contributed by atoms with E-state index < -0.39 is 21.6 Å². The average molecular weight is 360 g/mol. The minimum Gasteiger partial charge on any atom is -0.467 e. The number of carbonyl (C=O) groups is 1. The van der Waals surface area contributed by atoms with E-state index in [2.05, 4.69) is 5.32 Å². The third kappa shape index (κ3) is 5.69. The molecule has 5 nitrogen and oxygen atoms in total. The van der Waals surface area contributed by atoms with Crippen LogP contribution >= 0.6 is 11.6 Å². The Morgan fingerprint density at radius 2 is 2.09 bits per heavy atom. The second-order valence-corrected chi connectivity index (χ2v) is 7.53. The van der Waals surface area contributed by atoms with Gasteiger partial charge in [-0.3, -0.25) is 4.79 Å². The summed E-state index contributed by atoms with van der Waals surface area (Å²) in [6.45, 7) is 0.204. The molecule has 1 amide bonds. The van der Waals surface area contributed by atoms with Crippen LogP contribution in [0, 0.1) is 5.82 Å². The number of hydrogen-bond acceptors (Lipinski definition) is 4. The average Bonchev–Trinajstić information content (AvgIpc) is 2.99. The highest BCUT2D eigenvalue weighted by Gasteiger charge is 2.16. The molecule has 1 heterocycles. The van der Waals surface area contributed by atoms with Gasteiger partial charge >= 0.3 is 0 Å². The van der Waals surface area contributed by atoms with Crippen LogP contribution in [0.2, 0.25) is 5.02 Å². The Bertz CT molecular complexity index is 775. The van der Waals surface area contributed by atoms with Gasteiger partial charge in [-0.05, 0) is 29.8 Å². The molecular formula is C15H15ClFNO4S. The largest absolute Gasteiger partial charge is 0.467 e. The van der Waals surface area contributed by atoms with E-state index in [9.17, 15) is 17.6 Å². The van der Waals surface area contributed by atoms with E-state index in [1.165, 1.54) is 12.3 Å². The van der Waals surface area contributed by atoms with Crippen molar-refractivity contribution < 1.29 is 22.0 Å². The Kier molecular flexibility index (Phi) is 5.79. The SMILES string of the molecule is O=C(CCS(=O)(=O)Cc1ccc(F)cc1Cl)NCc1ccco1. The molecule has 0 saturated carbocycles. The highest BCUT2D eigenvalue weighted by molar-refractivity contribution is 7.90. The topological polar surface area (TPSA) is 76.4 Å². The van der Waals surface area contributed by atoms with Gasteiger partial charge in [0, 0.05) is 11.4 Å². The lowest BCUT2D eigenvalue weighted by Crippen LogP contribution is -2.25. The Morgan fingerprint density at radius 3 is 2.74 bits per heavy atom. The van der Waals surface area contributed by atoms with Gasteiger partial charge in [-0.1, -0.05) is 17.7 Å². The van der Waals surface area contributed by atoms with E-state index in [4.69, 9.17) is 16.0 Å². The minimum absolute atomic E-state index is 0.0517. The van der Waals surface area contributed by atoms with Gasteiger partial charge in [-0.25, -0.2) is 12.8 Å². The summed E-state index contributed by atoms with van der Waals surface area (Å²) in [5.41, 5.74) is 0.309. The van der Waals surface area contributed by atoms with Crippen LogP contribution < -0.4 is 5.32 Å². The molecule has 1 N–H and O–H groups in total. The van der Waals surface area contributed by atoms with Crippen molar-refractivity contribution in [3.63, 3.8) is 0 Å². The normalized spacial score (nSPS) is 11.4. The van der Waals surface area contributed by atoms with Gasteiger partial charge in [0.15, 0.2) is 9.84 Å².